The normalized spacial score (nSPS) is 8.62. The van der Waals surface area contributed by atoms with Gasteiger partial charge in [0.1, 0.15) is 0 Å². The molecule has 0 fully saturated rings. The van der Waals surface area contributed by atoms with Gasteiger partial charge in [-0.15, -0.1) is 15.8 Å². The van der Waals surface area contributed by atoms with Crippen LogP contribution < -0.4 is 0 Å². The third-order valence-electron chi connectivity index (χ3n) is 3.24. The molecule has 160 valence electrons. The molecule has 0 spiro atoms. The summed E-state index contributed by atoms with van der Waals surface area (Å²) >= 11 is 0.569. The zero-order chi connectivity index (χ0) is 22.6. The van der Waals surface area contributed by atoms with Crippen molar-refractivity contribution < 1.29 is 12.7 Å². The number of hydrogen-bond donors (Lipinski definition) is 0. The molecule has 0 radical (unpaired) electrons. The van der Waals surface area contributed by atoms with Gasteiger partial charge in [-0.25, -0.2) is 0 Å². The Morgan fingerprint density at radius 1 is 0.448 bits per heavy atom. The van der Waals surface area contributed by atoms with Gasteiger partial charge < -0.3 is 0 Å². The molecular weight excluding hydrogens is 492 g/mol. The molecular formula is C18H24Cl2N6NiP2. The van der Waals surface area contributed by atoms with E-state index in [9.17, 15) is 0 Å². The monoisotopic (exact) mass is 514 g/mol. The maximum absolute atomic E-state index is 8.40. The van der Waals surface area contributed by atoms with Gasteiger partial charge in [-0.1, -0.05) is 0 Å². The Morgan fingerprint density at radius 3 is 0.690 bits per heavy atom. The molecule has 0 aromatic rings. The summed E-state index contributed by atoms with van der Waals surface area (Å²) in [4.78, 5) is 0. The summed E-state index contributed by atoms with van der Waals surface area (Å²) in [6.45, 7) is 0. The van der Waals surface area contributed by atoms with Gasteiger partial charge in [-0.2, -0.15) is 31.6 Å². The summed E-state index contributed by atoms with van der Waals surface area (Å²) in [6, 6.07) is 12.6. The second-order valence-electron chi connectivity index (χ2n) is 5.18. The molecule has 0 saturated heterocycles. The van der Waals surface area contributed by atoms with E-state index in [4.69, 9.17) is 52.0 Å². The van der Waals surface area contributed by atoms with Gasteiger partial charge in [0.15, 0.2) is 0 Å². The molecule has 0 heterocycles. The van der Waals surface area contributed by atoms with Crippen molar-refractivity contribution in [2.45, 2.75) is 38.5 Å². The Balaban J connectivity index is -0.000000410. The van der Waals surface area contributed by atoms with Gasteiger partial charge in [0.05, 0.1) is 36.4 Å². The first-order valence-corrected chi connectivity index (χ1v) is 15.1. The first-order chi connectivity index (χ1) is 14.1. The predicted octanol–water partition coefficient (Wildman–Crippen LogP) is 5.80. The molecule has 0 bridgehead atoms. The van der Waals surface area contributed by atoms with Crippen molar-refractivity contribution in [2.24, 2.45) is 0 Å². The fourth-order valence-electron chi connectivity index (χ4n) is 1.92. The molecule has 0 rings (SSSR count). The van der Waals surface area contributed by atoms with Crippen LogP contribution in [0.5, 0.6) is 0 Å². The first kappa shape index (κ1) is 32.5. The minimum absolute atomic E-state index is 0.246. The van der Waals surface area contributed by atoms with Crippen LogP contribution in [-0.4, -0.2) is 37.0 Å². The van der Waals surface area contributed by atoms with Crippen LogP contribution in [-0.2, 0) is 12.7 Å². The first-order valence-electron chi connectivity index (χ1n) is 8.60. The van der Waals surface area contributed by atoms with Gasteiger partial charge >= 0.3 is 33.0 Å². The van der Waals surface area contributed by atoms with Crippen LogP contribution in [0.25, 0.3) is 0 Å². The average Bonchev–Trinajstić information content (AvgIpc) is 2.73. The van der Waals surface area contributed by atoms with Crippen LogP contribution in [0.4, 0.5) is 0 Å². The molecule has 0 amide bonds. The van der Waals surface area contributed by atoms with E-state index < -0.39 is 0 Å². The van der Waals surface area contributed by atoms with Crippen molar-refractivity contribution in [3.8, 4) is 36.4 Å². The summed E-state index contributed by atoms with van der Waals surface area (Å²) < 4.78 is 0. The Hall–Kier alpha value is -1.13. The van der Waals surface area contributed by atoms with Gasteiger partial charge in [0.2, 0.25) is 0 Å². The third-order valence-corrected chi connectivity index (χ3v) is 8.38. The third kappa shape index (κ3) is 31.8. The molecule has 0 saturated carbocycles. The molecule has 0 aliphatic carbocycles. The van der Waals surface area contributed by atoms with Crippen LogP contribution in [0.3, 0.4) is 0 Å². The SMILES string of the molecule is N#CCCP(CCC#N)CCC#N.N#CCCP(CCC#N)CCC#N.[Cl][Ni][Cl]. The van der Waals surface area contributed by atoms with E-state index in [0.717, 1.165) is 37.0 Å². The molecule has 6 nitrogen and oxygen atoms in total. The zero-order valence-electron chi connectivity index (χ0n) is 16.1. The Labute approximate surface area is 191 Å². The molecule has 29 heavy (non-hydrogen) atoms. The van der Waals surface area contributed by atoms with E-state index in [1.165, 1.54) is 0 Å². The van der Waals surface area contributed by atoms with Crippen LogP contribution in [0.2, 0.25) is 0 Å². The average molecular weight is 516 g/mol. The molecule has 0 unspecified atom stereocenters. The standard InChI is InChI=1S/2C9H12N3P.2ClH.Ni/c2*10-4-1-7-13(8-2-5-11)9-3-6-12;;;/h2*1-3,7-9H2;2*1H;/q;;;;+2/p-2. The number of rotatable bonds is 12. The van der Waals surface area contributed by atoms with Gasteiger partial charge in [-0.3, -0.25) is 0 Å². The van der Waals surface area contributed by atoms with Crippen LogP contribution in [0, 0.1) is 68.0 Å². The summed E-state index contributed by atoms with van der Waals surface area (Å²) in [5, 5.41) is 50.4. The maximum atomic E-state index is 8.40. The van der Waals surface area contributed by atoms with E-state index in [-0.39, 0.29) is 15.8 Å². The van der Waals surface area contributed by atoms with Gasteiger partial charge in [0, 0.05) is 38.5 Å². The van der Waals surface area contributed by atoms with Crippen LogP contribution >= 0.6 is 36.2 Å². The molecule has 0 aromatic heterocycles. The summed E-state index contributed by atoms with van der Waals surface area (Å²) in [5.74, 6) is 0. The van der Waals surface area contributed by atoms with E-state index in [2.05, 4.69) is 36.4 Å². The molecule has 0 aliphatic heterocycles. The summed E-state index contributed by atoms with van der Waals surface area (Å²) in [6.07, 6.45) is 8.65. The zero-order valence-corrected chi connectivity index (χ0v) is 20.4. The van der Waals surface area contributed by atoms with E-state index >= 15 is 0 Å². The molecule has 0 aliphatic rings. The van der Waals surface area contributed by atoms with Crippen LogP contribution in [0.15, 0.2) is 0 Å². The summed E-state index contributed by atoms with van der Waals surface area (Å²) in [7, 11) is 8.91. The van der Waals surface area contributed by atoms with E-state index in [0.29, 0.717) is 51.2 Å². The fraction of sp³-hybridized carbons (Fsp3) is 0.667. The van der Waals surface area contributed by atoms with Crippen molar-refractivity contribution >= 4 is 36.2 Å². The fourth-order valence-corrected chi connectivity index (χ4v) is 5.76. The van der Waals surface area contributed by atoms with Gasteiger partial charge in [0.25, 0.3) is 0 Å². The van der Waals surface area contributed by atoms with E-state index in [1.807, 2.05) is 0 Å². The molecule has 0 atom stereocenters. The number of halogens is 2. The van der Waals surface area contributed by atoms with Crippen molar-refractivity contribution in [1.29, 1.82) is 31.6 Å². The Bertz CT molecular complexity index is 486. The van der Waals surface area contributed by atoms with E-state index in [1.54, 1.807) is 0 Å². The summed E-state index contributed by atoms with van der Waals surface area (Å²) in [5.41, 5.74) is 0. The van der Waals surface area contributed by atoms with Crippen molar-refractivity contribution in [1.82, 2.24) is 0 Å². The topological polar surface area (TPSA) is 143 Å². The Kier molecular flexibility index (Phi) is 35.4. The van der Waals surface area contributed by atoms with Crippen molar-refractivity contribution in [3.63, 3.8) is 0 Å². The second-order valence-corrected chi connectivity index (χ2v) is 12.2. The molecule has 0 N–H and O–H groups in total. The minimum atomic E-state index is -0.246. The second kappa shape index (κ2) is 31.6. The van der Waals surface area contributed by atoms with Crippen LogP contribution in [0.1, 0.15) is 38.5 Å². The Morgan fingerprint density at radius 2 is 0.586 bits per heavy atom. The van der Waals surface area contributed by atoms with Crippen molar-refractivity contribution in [3.05, 3.63) is 0 Å². The number of nitriles is 6. The van der Waals surface area contributed by atoms with Gasteiger partial charge in [-0.05, 0) is 37.0 Å². The predicted molar refractivity (Wildman–Crippen MR) is 116 cm³/mol. The quantitative estimate of drug-likeness (QED) is 0.237. The number of nitrogens with zero attached hydrogens (tertiary/aromatic N) is 6. The molecule has 0 aromatic carbocycles. The number of hydrogen-bond acceptors (Lipinski definition) is 6. The molecule has 11 heteroatoms. The van der Waals surface area contributed by atoms with Crippen molar-refractivity contribution in [2.75, 3.05) is 37.0 Å².